The molecular formula is C19H27N3O4. The molecule has 0 atom stereocenters. The van der Waals surface area contributed by atoms with Gasteiger partial charge in [-0.05, 0) is 64.5 Å². The van der Waals surface area contributed by atoms with E-state index in [0.717, 1.165) is 36.9 Å². The molecule has 3 rings (SSSR count). The predicted octanol–water partition coefficient (Wildman–Crippen LogP) is 4.28. The maximum absolute atomic E-state index is 12.1. The molecule has 1 saturated heterocycles. The molecule has 1 heterocycles. The zero-order chi connectivity index (χ0) is 18.9. The van der Waals surface area contributed by atoms with Crippen molar-refractivity contribution in [3.63, 3.8) is 0 Å². The zero-order valence-electron chi connectivity index (χ0n) is 15.7. The fourth-order valence-electron chi connectivity index (χ4n) is 3.30. The minimum Gasteiger partial charge on any atom is -0.444 e. The second-order valence-corrected chi connectivity index (χ2v) is 8.19. The molecule has 0 spiro atoms. The van der Waals surface area contributed by atoms with Crippen LogP contribution in [0.5, 0.6) is 0 Å². The summed E-state index contributed by atoms with van der Waals surface area (Å²) in [5, 5.41) is 14.7. The summed E-state index contributed by atoms with van der Waals surface area (Å²) < 4.78 is 5.42. The van der Waals surface area contributed by atoms with Gasteiger partial charge in [0.25, 0.3) is 5.69 Å². The van der Waals surface area contributed by atoms with Crippen molar-refractivity contribution in [1.29, 1.82) is 0 Å². The molecule has 2 aliphatic rings. The molecule has 7 heteroatoms. The van der Waals surface area contributed by atoms with Gasteiger partial charge in [-0.25, -0.2) is 4.79 Å². The highest BCUT2D eigenvalue weighted by Gasteiger charge is 2.31. The lowest BCUT2D eigenvalue weighted by Gasteiger charge is -2.34. The number of anilines is 1. The lowest BCUT2D eigenvalue weighted by Crippen LogP contribution is -2.44. The second kappa shape index (κ2) is 7.13. The predicted molar refractivity (Wildman–Crippen MR) is 99.5 cm³/mol. The fourth-order valence-corrected chi connectivity index (χ4v) is 3.30. The van der Waals surface area contributed by atoms with Crippen LogP contribution in [0.15, 0.2) is 18.2 Å². The minimum atomic E-state index is -0.482. The summed E-state index contributed by atoms with van der Waals surface area (Å²) >= 11 is 0. The van der Waals surface area contributed by atoms with E-state index in [1.54, 1.807) is 17.0 Å². The number of nitrogens with one attached hydrogen (secondary N) is 1. The molecule has 1 aliphatic heterocycles. The van der Waals surface area contributed by atoms with Crippen LogP contribution >= 0.6 is 0 Å². The number of nitrogens with zero attached hydrogens (tertiary/aromatic N) is 2. The molecule has 1 saturated carbocycles. The normalized spacial score (nSPS) is 18.5. The van der Waals surface area contributed by atoms with Crippen molar-refractivity contribution < 1.29 is 14.5 Å². The molecule has 26 heavy (non-hydrogen) atoms. The van der Waals surface area contributed by atoms with E-state index >= 15 is 0 Å². The van der Waals surface area contributed by atoms with Gasteiger partial charge in [-0.3, -0.25) is 10.1 Å². The van der Waals surface area contributed by atoms with Gasteiger partial charge in [0.1, 0.15) is 5.60 Å². The monoisotopic (exact) mass is 361 g/mol. The Morgan fingerprint density at radius 1 is 1.23 bits per heavy atom. The Hall–Kier alpha value is -2.31. The van der Waals surface area contributed by atoms with Gasteiger partial charge in [-0.2, -0.15) is 0 Å². The smallest absolute Gasteiger partial charge is 0.410 e. The number of benzene rings is 1. The maximum atomic E-state index is 12.1. The van der Waals surface area contributed by atoms with Crippen molar-refractivity contribution >= 4 is 17.5 Å². The van der Waals surface area contributed by atoms with Gasteiger partial charge in [0.05, 0.1) is 4.92 Å². The zero-order valence-corrected chi connectivity index (χ0v) is 15.7. The largest absolute Gasteiger partial charge is 0.444 e. The highest BCUT2D eigenvalue weighted by molar-refractivity contribution is 5.68. The van der Waals surface area contributed by atoms with Crippen molar-refractivity contribution in [3.8, 4) is 0 Å². The van der Waals surface area contributed by atoms with Crippen LogP contribution in [0.1, 0.15) is 57.9 Å². The van der Waals surface area contributed by atoms with E-state index in [4.69, 9.17) is 4.74 Å². The van der Waals surface area contributed by atoms with Gasteiger partial charge in [-0.1, -0.05) is 0 Å². The minimum absolute atomic E-state index is 0.220. The fraction of sp³-hybridized carbons (Fsp3) is 0.632. The third-order valence-electron chi connectivity index (χ3n) is 4.76. The molecule has 1 N–H and O–H groups in total. The topological polar surface area (TPSA) is 84.7 Å². The third-order valence-corrected chi connectivity index (χ3v) is 4.76. The van der Waals surface area contributed by atoms with Crippen LogP contribution in [0.25, 0.3) is 0 Å². The first kappa shape index (κ1) is 18.5. The highest BCUT2D eigenvalue weighted by atomic mass is 16.6. The molecule has 2 fully saturated rings. The van der Waals surface area contributed by atoms with E-state index in [-0.39, 0.29) is 22.7 Å². The third kappa shape index (κ3) is 4.65. The lowest BCUT2D eigenvalue weighted by atomic mass is 10.0. The van der Waals surface area contributed by atoms with E-state index in [9.17, 15) is 14.9 Å². The molecule has 0 radical (unpaired) electrons. The quantitative estimate of drug-likeness (QED) is 0.639. The van der Waals surface area contributed by atoms with E-state index in [0.29, 0.717) is 19.0 Å². The van der Waals surface area contributed by atoms with Crippen molar-refractivity contribution in [3.05, 3.63) is 33.9 Å². The van der Waals surface area contributed by atoms with Crippen molar-refractivity contribution in [1.82, 2.24) is 4.90 Å². The molecule has 1 aromatic rings. The van der Waals surface area contributed by atoms with Crippen molar-refractivity contribution in [2.75, 3.05) is 18.4 Å². The molecule has 0 aromatic heterocycles. The summed E-state index contributed by atoms with van der Waals surface area (Å²) in [6.07, 6.45) is 3.45. The molecule has 1 aromatic carbocycles. The molecule has 1 aliphatic carbocycles. The number of amides is 1. The Morgan fingerprint density at radius 2 is 1.88 bits per heavy atom. The number of nitro groups is 1. The lowest BCUT2D eigenvalue weighted by molar-refractivity contribution is -0.385. The number of nitro benzene ring substituents is 1. The summed E-state index contributed by atoms with van der Waals surface area (Å²) in [4.78, 5) is 24.8. The Balaban J connectivity index is 1.57. The van der Waals surface area contributed by atoms with E-state index < -0.39 is 5.60 Å². The van der Waals surface area contributed by atoms with Gasteiger partial charge in [0.15, 0.2) is 0 Å². The van der Waals surface area contributed by atoms with Gasteiger partial charge >= 0.3 is 6.09 Å². The van der Waals surface area contributed by atoms with Crippen molar-refractivity contribution in [2.24, 2.45) is 0 Å². The molecule has 0 bridgehead atoms. The number of ether oxygens (including phenoxy) is 1. The standard InChI is InChI=1S/C19H27N3O4/c1-19(2,3)26-18(23)21-10-8-14(9-11-21)20-15-6-7-17(22(24)25)16(12-15)13-4-5-13/h6-7,12-14,20H,4-5,8-11H2,1-3H3. The van der Waals surface area contributed by atoms with Crippen LogP contribution in [0.2, 0.25) is 0 Å². The van der Waals surface area contributed by atoms with Gasteiger partial charge in [0, 0.05) is 36.4 Å². The number of rotatable bonds is 4. The van der Waals surface area contributed by atoms with Crippen molar-refractivity contribution in [2.45, 2.75) is 64.0 Å². The first-order chi connectivity index (χ1) is 12.2. The Bertz CT molecular complexity index is 687. The number of carbonyl (C=O) groups is 1. The summed E-state index contributed by atoms with van der Waals surface area (Å²) in [6, 6.07) is 5.56. The number of piperidine rings is 1. The Kier molecular flexibility index (Phi) is 5.07. The molecular weight excluding hydrogens is 334 g/mol. The number of likely N-dealkylation sites (tertiary alicyclic amines) is 1. The average molecular weight is 361 g/mol. The van der Waals surface area contributed by atoms with Crippen LogP contribution in [0, 0.1) is 10.1 Å². The summed E-state index contributed by atoms with van der Waals surface area (Å²) in [5.41, 5.74) is 1.50. The van der Waals surface area contributed by atoms with Crippen LogP contribution in [-0.2, 0) is 4.74 Å². The first-order valence-electron chi connectivity index (χ1n) is 9.26. The highest BCUT2D eigenvalue weighted by Crippen LogP contribution is 2.45. The Morgan fingerprint density at radius 3 is 2.42 bits per heavy atom. The number of carbonyl (C=O) groups excluding carboxylic acids is 1. The molecule has 0 unspecified atom stereocenters. The van der Waals surface area contributed by atoms with E-state index in [1.165, 1.54) is 0 Å². The number of hydrogen-bond donors (Lipinski definition) is 1. The van der Waals surface area contributed by atoms with Crippen LogP contribution in [0.3, 0.4) is 0 Å². The summed E-state index contributed by atoms with van der Waals surface area (Å²) in [5.74, 6) is 0.325. The molecule has 1 amide bonds. The summed E-state index contributed by atoms with van der Waals surface area (Å²) in [7, 11) is 0. The molecule has 142 valence electrons. The van der Waals surface area contributed by atoms with E-state index in [2.05, 4.69) is 5.32 Å². The SMILES string of the molecule is CC(C)(C)OC(=O)N1CCC(Nc2ccc([N+](=O)[O-])c(C3CC3)c2)CC1. The number of hydrogen-bond acceptors (Lipinski definition) is 5. The molecule has 7 nitrogen and oxygen atoms in total. The van der Waals surface area contributed by atoms with Crippen LogP contribution < -0.4 is 5.32 Å². The average Bonchev–Trinajstić information content (AvgIpc) is 3.38. The van der Waals surface area contributed by atoms with Gasteiger partial charge in [-0.15, -0.1) is 0 Å². The summed E-state index contributed by atoms with van der Waals surface area (Å²) in [6.45, 7) is 6.89. The Labute approximate surface area is 153 Å². The van der Waals surface area contributed by atoms with Gasteiger partial charge in [0.2, 0.25) is 0 Å². The second-order valence-electron chi connectivity index (χ2n) is 8.19. The van der Waals surface area contributed by atoms with Crippen LogP contribution in [-0.4, -0.2) is 40.6 Å². The van der Waals surface area contributed by atoms with Gasteiger partial charge < -0.3 is 15.0 Å². The van der Waals surface area contributed by atoms with E-state index in [1.807, 2.05) is 26.8 Å². The first-order valence-corrected chi connectivity index (χ1v) is 9.26. The maximum Gasteiger partial charge on any atom is 0.410 e. The van der Waals surface area contributed by atoms with Crippen LogP contribution in [0.4, 0.5) is 16.2 Å².